The number of aromatic nitrogens is 1. The van der Waals surface area contributed by atoms with E-state index in [1.54, 1.807) is 18.3 Å². The minimum Gasteiger partial charge on any atom is -0.389 e. The van der Waals surface area contributed by atoms with Crippen LogP contribution in [0.1, 0.15) is 35.3 Å². The average molecular weight is 304 g/mol. The van der Waals surface area contributed by atoms with Crippen molar-refractivity contribution in [1.82, 2.24) is 14.8 Å². The van der Waals surface area contributed by atoms with Crippen LogP contribution < -0.4 is 5.73 Å². The normalized spacial score (nSPS) is 22.7. The maximum Gasteiger partial charge on any atom is 0.272 e. The molecule has 2 saturated heterocycles. The molecule has 2 fully saturated rings. The molecule has 0 radical (unpaired) electrons. The first-order valence-corrected chi connectivity index (χ1v) is 7.85. The monoisotopic (exact) mass is 304 g/mol. The highest BCUT2D eigenvalue weighted by Gasteiger charge is 2.31. The lowest BCUT2D eigenvalue weighted by Crippen LogP contribution is -2.39. The van der Waals surface area contributed by atoms with Crippen molar-refractivity contribution in [2.45, 2.75) is 25.3 Å². The lowest BCUT2D eigenvalue weighted by atomic mass is 10.2. The van der Waals surface area contributed by atoms with Crippen molar-refractivity contribution in [2.75, 3.05) is 26.2 Å². The number of carbonyl (C=O) groups is 1. The van der Waals surface area contributed by atoms with Crippen molar-refractivity contribution in [1.29, 1.82) is 0 Å². The van der Waals surface area contributed by atoms with Crippen molar-refractivity contribution in [3.05, 3.63) is 29.6 Å². The summed E-state index contributed by atoms with van der Waals surface area (Å²) in [6, 6.07) is 4.00. The SMILES string of the molecule is NC(=S)c1ccc(C(=O)N2CCCN3CCCC3C2)nc1. The standard InChI is InChI=1S/C15H20N4OS/c16-14(21)11-4-5-13(17-9-11)15(20)19-8-2-7-18-6-1-3-12(18)10-19/h4-5,9,12H,1-3,6-8,10H2,(H2,16,21). The molecule has 0 saturated carbocycles. The lowest BCUT2D eigenvalue weighted by Gasteiger charge is -2.25. The van der Waals surface area contributed by atoms with Gasteiger partial charge < -0.3 is 10.6 Å². The molecule has 6 heteroatoms. The Bertz CT molecular complexity index is 545. The molecule has 112 valence electrons. The first-order valence-electron chi connectivity index (χ1n) is 7.44. The van der Waals surface area contributed by atoms with Crippen LogP contribution in [0.3, 0.4) is 0 Å². The number of nitrogens with zero attached hydrogens (tertiary/aromatic N) is 3. The van der Waals surface area contributed by atoms with Gasteiger partial charge in [-0.3, -0.25) is 14.7 Å². The molecule has 21 heavy (non-hydrogen) atoms. The third-order valence-electron chi connectivity index (χ3n) is 4.36. The minimum atomic E-state index is 0.0123. The topological polar surface area (TPSA) is 62.5 Å². The largest absolute Gasteiger partial charge is 0.389 e. The zero-order valence-electron chi connectivity index (χ0n) is 12.0. The van der Waals surface area contributed by atoms with Crippen LogP contribution in [0.4, 0.5) is 0 Å². The highest BCUT2D eigenvalue weighted by atomic mass is 32.1. The van der Waals surface area contributed by atoms with E-state index in [4.69, 9.17) is 18.0 Å². The first-order chi connectivity index (χ1) is 10.1. The molecule has 0 bridgehead atoms. The zero-order chi connectivity index (χ0) is 14.8. The fraction of sp³-hybridized carbons (Fsp3) is 0.533. The van der Waals surface area contributed by atoms with Crippen LogP contribution in [-0.4, -0.2) is 57.9 Å². The number of rotatable bonds is 2. The molecular weight excluding hydrogens is 284 g/mol. The summed E-state index contributed by atoms with van der Waals surface area (Å²) in [6.45, 7) is 3.90. The van der Waals surface area contributed by atoms with Crippen LogP contribution in [0.15, 0.2) is 18.3 Å². The number of hydrogen-bond acceptors (Lipinski definition) is 4. The number of nitrogens with two attached hydrogens (primary N) is 1. The third-order valence-corrected chi connectivity index (χ3v) is 4.59. The lowest BCUT2D eigenvalue weighted by molar-refractivity contribution is 0.0737. The van der Waals surface area contributed by atoms with Crippen LogP contribution in [0.2, 0.25) is 0 Å². The summed E-state index contributed by atoms with van der Waals surface area (Å²) in [5, 5.41) is 0. The van der Waals surface area contributed by atoms with E-state index < -0.39 is 0 Å². The first kappa shape index (κ1) is 14.4. The molecule has 2 aliphatic rings. The maximum atomic E-state index is 12.6. The summed E-state index contributed by atoms with van der Waals surface area (Å²) < 4.78 is 0. The van der Waals surface area contributed by atoms with Gasteiger partial charge in [0.05, 0.1) is 0 Å². The molecular formula is C15H20N4OS. The van der Waals surface area contributed by atoms with Crippen LogP contribution in [0.5, 0.6) is 0 Å². The van der Waals surface area contributed by atoms with Crippen molar-refractivity contribution < 1.29 is 4.79 Å². The molecule has 3 rings (SSSR count). The molecule has 1 amide bonds. The fourth-order valence-corrected chi connectivity index (χ4v) is 3.34. The number of fused-ring (bicyclic) bond motifs is 1. The van der Waals surface area contributed by atoms with Crippen LogP contribution >= 0.6 is 12.2 Å². The molecule has 1 aromatic rings. The van der Waals surface area contributed by atoms with Gasteiger partial charge >= 0.3 is 0 Å². The molecule has 1 atom stereocenters. The fourth-order valence-electron chi connectivity index (χ4n) is 3.22. The van der Waals surface area contributed by atoms with Gasteiger partial charge in [0, 0.05) is 37.4 Å². The second-order valence-electron chi connectivity index (χ2n) is 5.73. The van der Waals surface area contributed by atoms with Gasteiger partial charge in [-0.25, -0.2) is 0 Å². The van der Waals surface area contributed by atoms with E-state index in [1.165, 1.54) is 19.4 Å². The molecule has 2 N–H and O–H groups in total. The smallest absolute Gasteiger partial charge is 0.272 e. The Labute approximate surface area is 130 Å². The van der Waals surface area contributed by atoms with E-state index >= 15 is 0 Å². The Balaban J connectivity index is 1.73. The predicted molar refractivity (Wildman–Crippen MR) is 85.2 cm³/mol. The van der Waals surface area contributed by atoms with Crippen molar-refractivity contribution >= 4 is 23.1 Å². The van der Waals surface area contributed by atoms with E-state index in [1.807, 2.05) is 4.90 Å². The third kappa shape index (κ3) is 3.06. The van der Waals surface area contributed by atoms with E-state index in [2.05, 4.69) is 9.88 Å². The molecule has 5 nitrogen and oxygen atoms in total. The molecule has 0 aliphatic carbocycles. The zero-order valence-corrected chi connectivity index (χ0v) is 12.8. The van der Waals surface area contributed by atoms with E-state index in [-0.39, 0.29) is 5.91 Å². The Morgan fingerprint density at radius 2 is 2.10 bits per heavy atom. The number of carbonyl (C=O) groups excluding carboxylic acids is 1. The summed E-state index contributed by atoms with van der Waals surface area (Å²) in [7, 11) is 0. The molecule has 0 aromatic carbocycles. The minimum absolute atomic E-state index is 0.0123. The Morgan fingerprint density at radius 1 is 1.29 bits per heavy atom. The average Bonchev–Trinajstić information content (AvgIpc) is 2.83. The second kappa shape index (κ2) is 6.07. The Kier molecular flexibility index (Phi) is 4.17. The van der Waals surface area contributed by atoms with Gasteiger partial charge in [0.1, 0.15) is 10.7 Å². The molecule has 1 aromatic heterocycles. The molecule has 0 spiro atoms. The molecule has 1 unspecified atom stereocenters. The number of amides is 1. The maximum absolute atomic E-state index is 12.6. The summed E-state index contributed by atoms with van der Waals surface area (Å²) >= 11 is 4.90. The van der Waals surface area contributed by atoms with Crippen molar-refractivity contribution in [2.24, 2.45) is 5.73 Å². The second-order valence-corrected chi connectivity index (χ2v) is 6.17. The van der Waals surface area contributed by atoms with Gasteiger partial charge in [0.15, 0.2) is 0 Å². The number of thiocarbonyl (C=S) groups is 1. The Hall–Kier alpha value is -1.53. The van der Waals surface area contributed by atoms with Crippen molar-refractivity contribution in [3.8, 4) is 0 Å². The summed E-state index contributed by atoms with van der Waals surface area (Å²) in [5.74, 6) is 0.0123. The summed E-state index contributed by atoms with van der Waals surface area (Å²) in [5.41, 5.74) is 6.72. The van der Waals surface area contributed by atoms with Crippen LogP contribution in [-0.2, 0) is 0 Å². The predicted octanol–water partition coefficient (Wildman–Crippen LogP) is 1.03. The van der Waals surface area contributed by atoms with Gasteiger partial charge in [0.2, 0.25) is 0 Å². The summed E-state index contributed by atoms with van der Waals surface area (Å²) in [4.78, 5) is 21.6. The van der Waals surface area contributed by atoms with E-state index in [0.717, 1.165) is 26.1 Å². The quantitative estimate of drug-likeness (QED) is 0.827. The van der Waals surface area contributed by atoms with Gasteiger partial charge in [-0.1, -0.05) is 12.2 Å². The van der Waals surface area contributed by atoms with Gasteiger partial charge in [0.25, 0.3) is 5.91 Å². The summed E-state index contributed by atoms with van der Waals surface area (Å²) in [6.07, 6.45) is 5.05. The van der Waals surface area contributed by atoms with Crippen LogP contribution in [0, 0.1) is 0 Å². The van der Waals surface area contributed by atoms with E-state index in [0.29, 0.717) is 22.3 Å². The van der Waals surface area contributed by atoms with Gasteiger partial charge in [-0.2, -0.15) is 0 Å². The van der Waals surface area contributed by atoms with Gasteiger partial charge in [-0.15, -0.1) is 0 Å². The van der Waals surface area contributed by atoms with Gasteiger partial charge in [-0.05, 0) is 37.9 Å². The molecule has 3 heterocycles. The number of hydrogen-bond donors (Lipinski definition) is 1. The highest BCUT2D eigenvalue weighted by Crippen LogP contribution is 2.22. The molecule has 2 aliphatic heterocycles. The van der Waals surface area contributed by atoms with E-state index in [9.17, 15) is 4.79 Å². The van der Waals surface area contributed by atoms with Crippen molar-refractivity contribution in [3.63, 3.8) is 0 Å². The Morgan fingerprint density at radius 3 is 2.81 bits per heavy atom. The van der Waals surface area contributed by atoms with Crippen LogP contribution in [0.25, 0.3) is 0 Å². The number of pyridine rings is 1. The highest BCUT2D eigenvalue weighted by molar-refractivity contribution is 7.80.